The average Bonchev–Trinajstić information content (AvgIpc) is 2.92. The molecule has 0 N–H and O–H groups in total. The topological polar surface area (TPSA) is 60.9 Å². The number of nitrogens with zero attached hydrogens (tertiary/aromatic N) is 3. The monoisotopic (exact) mass is 417 g/mol. The second-order valence-corrected chi connectivity index (χ2v) is 9.27. The minimum atomic E-state index is -3.72. The van der Waals surface area contributed by atoms with Gasteiger partial charge in [0.25, 0.3) is 15.9 Å². The van der Waals surface area contributed by atoms with E-state index in [-0.39, 0.29) is 22.8 Å². The van der Waals surface area contributed by atoms with Gasteiger partial charge in [0.15, 0.2) is 0 Å². The molecule has 1 saturated heterocycles. The lowest BCUT2D eigenvalue weighted by Gasteiger charge is -2.35. The molecule has 0 atom stereocenters. The van der Waals surface area contributed by atoms with E-state index < -0.39 is 15.9 Å². The van der Waals surface area contributed by atoms with E-state index in [4.69, 9.17) is 0 Å². The number of fused-ring (bicyclic) bond motifs is 1. The quantitative estimate of drug-likeness (QED) is 0.721. The molecule has 0 saturated carbocycles. The first-order valence-electron chi connectivity index (χ1n) is 9.81. The summed E-state index contributed by atoms with van der Waals surface area (Å²) >= 11 is 0. The Morgan fingerprint density at radius 1 is 0.862 bits per heavy atom. The van der Waals surface area contributed by atoms with Crippen molar-refractivity contribution in [3.63, 3.8) is 0 Å². The van der Waals surface area contributed by atoms with Crippen molar-refractivity contribution in [2.45, 2.75) is 17.9 Å². The largest absolute Gasteiger partial charge is 0.301 e. The highest BCUT2D eigenvalue weighted by atomic mass is 32.2. The smallest absolute Gasteiger partial charge is 0.269 e. The molecule has 0 aliphatic carbocycles. The van der Waals surface area contributed by atoms with E-state index in [0.717, 1.165) is 37.0 Å². The normalized spacial score (nSPS) is 19.5. The fourth-order valence-electron chi connectivity index (χ4n) is 3.93. The first kappa shape index (κ1) is 20.0. The molecule has 0 bridgehead atoms. The Morgan fingerprint density at radius 2 is 1.52 bits per heavy atom. The lowest BCUT2D eigenvalue weighted by Crippen LogP contribution is -2.46. The lowest BCUT2D eigenvalue weighted by molar-refractivity contribution is 0.0859. The first-order chi connectivity index (χ1) is 14.0. The zero-order chi connectivity index (χ0) is 20.4. The van der Waals surface area contributed by atoms with E-state index >= 15 is 0 Å². The Balaban J connectivity index is 1.26. The van der Waals surface area contributed by atoms with Gasteiger partial charge < -0.3 is 4.90 Å². The molecule has 8 heteroatoms. The van der Waals surface area contributed by atoms with Crippen LogP contribution in [0.4, 0.5) is 4.39 Å². The van der Waals surface area contributed by atoms with Crippen LogP contribution in [0.25, 0.3) is 0 Å². The van der Waals surface area contributed by atoms with Crippen LogP contribution in [0.2, 0.25) is 0 Å². The van der Waals surface area contributed by atoms with E-state index in [1.165, 1.54) is 12.1 Å². The third-order valence-electron chi connectivity index (χ3n) is 5.56. The molecule has 1 amide bonds. The van der Waals surface area contributed by atoms with Crippen molar-refractivity contribution < 1.29 is 17.6 Å². The van der Waals surface area contributed by atoms with Crippen LogP contribution in [0.3, 0.4) is 0 Å². The summed E-state index contributed by atoms with van der Waals surface area (Å²) in [5.41, 5.74) is 0.965. The standard InChI is InChI=1S/C21H24FN3O3S/c22-19-8-3-1-6-17(19)16-24-14-12-23(13-15-24)10-5-11-25-21(26)18-7-2-4-9-20(18)29(25,27)28/h1-4,6-9H,5,10-16H2. The molecule has 0 spiro atoms. The van der Waals surface area contributed by atoms with Crippen molar-refractivity contribution in [2.24, 2.45) is 0 Å². The minimum Gasteiger partial charge on any atom is -0.301 e. The molecule has 4 rings (SSSR count). The van der Waals surface area contributed by atoms with Gasteiger partial charge in [0.05, 0.1) is 5.56 Å². The summed E-state index contributed by atoms with van der Waals surface area (Å²) in [5.74, 6) is -0.609. The first-order valence-corrected chi connectivity index (χ1v) is 11.2. The summed E-state index contributed by atoms with van der Waals surface area (Å²) in [7, 11) is -3.72. The number of benzene rings is 2. The number of hydrogen-bond acceptors (Lipinski definition) is 5. The number of piperazine rings is 1. The number of sulfonamides is 1. The number of rotatable bonds is 6. The maximum atomic E-state index is 13.8. The van der Waals surface area contributed by atoms with E-state index in [1.807, 2.05) is 12.1 Å². The van der Waals surface area contributed by atoms with Gasteiger partial charge >= 0.3 is 0 Å². The summed E-state index contributed by atoms with van der Waals surface area (Å²) in [6.07, 6.45) is 0.590. The molecule has 29 heavy (non-hydrogen) atoms. The third-order valence-corrected chi connectivity index (χ3v) is 7.40. The molecular formula is C21H24FN3O3S. The van der Waals surface area contributed by atoms with Gasteiger partial charge in [-0.2, -0.15) is 0 Å². The predicted octanol–water partition coefficient (Wildman–Crippen LogP) is 2.18. The number of carbonyl (C=O) groups is 1. The number of halogens is 1. The van der Waals surface area contributed by atoms with Gasteiger partial charge in [0, 0.05) is 44.8 Å². The highest BCUT2D eigenvalue weighted by molar-refractivity contribution is 7.90. The molecule has 0 aromatic heterocycles. The van der Waals surface area contributed by atoms with Gasteiger partial charge in [0.2, 0.25) is 0 Å². The molecule has 2 heterocycles. The molecule has 2 aromatic carbocycles. The number of carbonyl (C=O) groups excluding carboxylic acids is 1. The van der Waals surface area contributed by atoms with Gasteiger partial charge in [-0.05, 0) is 31.2 Å². The summed E-state index contributed by atoms with van der Waals surface area (Å²) in [4.78, 5) is 17.0. The SMILES string of the molecule is O=C1c2ccccc2S(=O)(=O)N1CCCN1CCN(Cc2ccccc2F)CC1. The fourth-order valence-corrected chi connectivity index (χ4v) is 5.54. The van der Waals surface area contributed by atoms with Gasteiger partial charge in [-0.25, -0.2) is 17.1 Å². The van der Waals surface area contributed by atoms with E-state index in [0.29, 0.717) is 18.5 Å². The highest BCUT2D eigenvalue weighted by Gasteiger charge is 2.40. The van der Waals surface area contributed by atoms with Gasteiger partial charge in [-0.1, -0.05) is 30.3 Å². The van der Waals surface area contributed by atoms with Crippen LogP contribution in [0, 0.1) is 5.82 Å². The summed E-state index contributed by atoms with van der Waals surface area (Å²) in [6, 6.07) is 13.2. The number of hydrogen-bond donors (Lipinski definition) is 0. The maximum Gasteiger partial charge on any atom is 0.269 e. The van der Waals surface area contributed by atoms with Gasteiger partial charge in [0.1, 0.15) is 10.7 Å². The van der Waals surface area contributed by atoms with Crippen molar-refractivity contribution in [1.82, 2.24) is 14.1 Å². The Kier molecular flexibility index (Phi) is 5.67. The van der Waals surface area contributed by atoms with Crippen LogP contribution in [0.1, 0.15) is 22.3 Å². The molecule has 6 nitrogen and oxygen atoms in total. The van der Waals surface area contributed by atoms with Crippen LogP contribution in [0.5, 0.6) is 0 Å². The van der Waals surface area contributed by atoms with Crippen LogP contribution >= 0.6 is 0 Å². The van der Waals surface area contributed by atoms with Crippen molar-refractivity contribution in [3.05, 3.63) is 65.5 Å². The van der Waals surface area contributed by atoms with E-state index in [9.17, 15) is 17.6 Å². The van der Waals surface area contributed by atoms with Crippen molar-refractivity contribution >= 4 is 15.9 Å². The maximum absolute atomic E-state index is 13.8. The fraction of sp³-hybridized carbons (Fsp3) is 0.381. The Morgan fingerprint density at radius 3 is 2.24 bits per heavy atom. The molecule has 2 aromatic rings. The average molecular weight is 418 g/mol. The molecule has 154 valence electrons. The molecule has 1 fully saturated rings. The van der Waals surface area contributed by atoms with Crippen LogP contribution in [-0.4, -0.2) is 67.7 Å². The molecule has 2 aliphatic heterocycles. The summed E-state index contributed by atoms with van der Waals surface area (Å²) < 4.78 is 40.0. The second kappa shape index (κ2) is 8.22. The van der Waals surface area contributed by atoms with Crippen molar-refractivity contribution in [1.29, 1.82) is 0 Å². The second-order valence-electron chi connectivity index (χ2n) is 7.44. The molecular weight excluding hydrogens is 393 g/mol. The van der Waals surface area contributed by atoms with Crippen LogP contribution in [-0.2, 0) is 16.6 Å². The Bertz CT molecular complexity index is 1000. The Labute approximate surface area is 170 Å². The number of amides is 1. The van der Waals surface area contributed by atoms with E-state index in [1.54, 1.807) is 24.3 Å². The van der Waals surface area contributed by atoms with Crippen LogP contribution < -0.4 is 0 Å². The molecule has 2 aliphatic rings. The zero-order valence-corrected chi connectivity index (χ0v) is 16.9. The van der Waals surface area contributed by atoms with Crippen LogP contribution in [0.15, 0.2) is 53.4 Å². The predicted molar refractivity (Wildman–Crippen MR) is 107 cm³/mol. The minimum absolute atomic E-state index is 0.103. The zero-order valence-electron chi connectivity index (χ0n) is 16.1. The van der Waals surface area contributed by atoms with E-state index in [2.05, 4.69) is 9.80 Å². The molecule has 0 unspecified atom stereocenters. The Hall–Kier alpha value is -2.29. The van der Waals surface area contributed by atoms with Gasteiger partial charge in [-0.3, -0.25) is 9.69 Å². The summed E-state index contributed by atoms with van der Waals surface area (Å²) in [6.45, 7) is 4.86. The van der Waals surface area contributed by atoms with Crippen molar-refractivity contribution in [3.8, 4) is 0 Å². The third kappa shape index (κ3) is 4.05. The molecule has 0 radical (unpaired) electrons. The van der Waals surface area contributed by atoms with Gasteiger partial charge in [-0.15, -0.1) is 0 Å². The lowest BCUT2D eigenvalue weighted by atomic mass is 10.2. The summed E-state index contributed by atoms with van der Waals surface area (Å²) in [5, 5.41) is 0. The highest BCUT2D eigenvalue weighted by Crippen LogP contribution is 2.29. The van der Waals surface area contributed by atoms with Crippen molar-refractivity contribution in [2.75, 3.05) is 39.3 Å².